The first-order valence-electron chi connectivity index (χ1n) is 14.5. The summed E-state index contributed by atoms with van der Waals surface area (Å²) in [4.78, 5) is 42.0. The number of hydrogen-bond acceptors (Lipinski definition) is 7. The Morgan fingerprint density at radius 1 is 1.17 bits per heavy atom. The second-order valence-corrected chi connectivity index (χ2v) is 12.6. The molecule has 2 bridgehead atoms. The zero-order valence-electron chi connectivity index (χ0n) is 22.7. The van der Waals surface area contributed by atoms with Crippen LogP contribution in [0.25, 0.3) is 10.9 Å². The van der Waals surface area contributed by atoms with Crippen LogP contribution in [0.15, 0.2) is 30.3 Å². The van der Waals surface area contributed by atoms with Crippen molar-refractivity contribution in [3.8, 4) is 11.5 Å². The Kier molecular flexibility index (Phi) is 5.17. The number of likely N-dealkylation sites (tertiary alicyclic amines) is 1. The van der Waals surface area contributed by atoms with E-state index >= 15 is 0 Å². The molecule has 0 radical (unpaired) electrons. The molecule has 0 unspecified atom stereocenters. The highest BCUT2D eigenvalue weighted by Crippen LogP contribution is 2.69. The van der Waals surface area contributed by atoms with Crippen LogP contribution in [0, 0.1) is 5.92 Å². The predicted octanol–water partition coefficient (Wildman–Crippen LogP) is 2.23. The van der Waals surface area contributed by atoms with Gasteiger partial charge >= 0.3 is 11.9 Å². The summed E-state index contributed by atoms with van der Waals surface area (Å²) in [5, 5.41) is 45.5. The number of para-hydroxylation sites is 1. The number of nitrogens with zero attached hydrogens (tertiary/aromatic N) is 1. The van der Waals surface area contributed by atoms with Crippen LogP contribution in [0.3, 0.4) is 0 Å². The van der Waals surface area contributed by atoms with Gasteiger partial charge in [-0.05, 0) is 61.4 Å². The smallest absolute Gasteiger partial charge is 0.326 e. The van der Waals surface area contributed by atoms with Crippen molar-refractivity contribution in [3.63, 3.8) is 0 Å². The maximum atomic E-state index is 13.3. The first kappa shape index (κ1) is 25.6. The van der Waals surface area contributed by atoms with Gasteiger partial charge in [0.15, 0.2) is 17.6 Å². The van der Waals surface area contributed by atoms with Gasteiger partial charge < -0.3 is 35.5 Å². The fourth-order valence-electron chi connectivity index (χ4n) is 8.45. The van der Waals surface area contributed by atoms with E-state index in [1.54, 1.807) is 18.2 Å². The number of aromatic amines is 1. The fraction of sp³-hybridized carbons (Fsp3) is 0.452. The largest absolute Gasteiger partial charge is 0.504 e. The lowest BCUT2D eigenvalue weighted by Crippen LogP contribution is -2.74. The lowest BCUT2D eigenvalue weighted by molar-refractivity contribution is -0.173. The zero-order valence-corrected chi connectivity index (χ0v) is 22.7. The molecule has 2 fully saturated rings. The van der Waals surface area contributed by atoms with Crippen molar-refractivity contribution in [1.29, 1.82) is 0 Å². The van der Waals surface area contributed by atoms with Gasteiger partial charge in [-0.3, -0.25) is 14.5 Å². The number of carboxylic acids is 2. The number of aliphatic hydroxyl groups is 1. The van der Waals surface area contributed by atoms with Crippen molar-refractivity contribution in [1.82, 2.24) is 15.2 Å². The van der Waals surface area contributed by atoms with E-state index in [1.165, 1.54) is 12.8 Å². The lowest BCUT2D eigenvalue weighted by atomic mass is 9.49. The number of amides is 1. The number of carbonyl (C=O) groups is 3. The zero-order chi connectivity index (χ0) is 29.1. The number of ether oxygens (including phenoxy) is 1. The minimum Gasteiger partial charge on any atom is -0.504 e. The van der Waals surface area contributed by atoms with Crippen molar-refractivity contribution < 1.29 is 39.5 Å². The summed E-state index contributed by atoms with van der Waals surface area (Å²) in [5.41, 5.74) is 2.19. The van der Waals surface area contributed by atoms with Crippen LogP contribution in [-0.4, -0.2) is 78.9 Å². The maximum absolute atomic E-state index is 13.3. The number of carboxylic acid groups (broad SMARTS) is 2. The summed E-state index contributed by atoms with van der Waals surface area (Å²) in [6, 6.07) is 7.00. The topological polar surface area (TPSA) is 172 Å². The van der Waals surface area contributed by atoms with Crippen LogP contribution in [0.5, 0.6) is 11.5 Å². The van der Waals surface area contributed by atoms with Crippen molar-refractivity contribution in [3.05, 3.63) is 58.3 Å². The molecule has 1 saturated heterocycles. The average molecular weight is 574 g/mol. The Morgan fingerprint density at radius 3 is 2.71 bits per heavy atom. The third-order valence-corrected chi connectivity index (χ3v) is 10.4. The van der Waals surface area contributed by atoms with Gasteiger partial charge in [-0.2, -0.15) is 0 Å². The molecule has 2 aromatic carbocycles. The van der Waals surface area contributed by atoms with Gasteiger partial charge in [0.05, 0.1) is 34.2 Å². The summed E-state index contributed by atoms with van der Waals surface area (Å²) >= 11 is 0. The lowest BCUT2D eigenvalue weighted by Gasteiger charge is -2.62. The molecular weight excluding hydrogens is 542 g/mol. The molecule has 1 amide bonds. The highest BCUT2D eigenvalue weighted by Gasteiger charge is 2.72. The average Bonchev–Trinajstić information content (AvgIpc) is 3.58. The predicted molar refractivity (Wildman–Crippen MR) is 148 cm³/mol. The van der Waals surface area contributed by atoms with Crippen molar-refractivity contribution in [2.75, 3.05) is 13.1 Å². The highest BCUT2D eigenvalue weighted by atomic mass is 16.5. The van der Waals surface area contributed by atoms with Gasteiger partial charge in [0.25, 0.3) is 5.91 Å². The van der Waals surface area contributed by atoms with Crippen molar-refractivity contribution >= 4 is 28.7 Å². The molecule has 11 nitrogen and oxygen atoms in total. The number of piperidine rings is 1. The second-order valence-electron chi connectivity index (χ2n) is 12.6. The molecule has 3 heterocycles. The molecule has 1 spiro atoms. The van der Waals surface area contributed by atoms with Crippen LogP contribution in [0.1, 0.15) is 64.5 Å². The molecule has 1 aromatic heterocycles. The Bertz CT molecular complexity index is 1710. The number of aromatic hydroxyl groups is 1. The second kappa shape index (κ2) is 8.48. The maximum Gasteiger partial charge on any atom is 0.326 e. The Morgan fingerprint density at radius 2 is 1.98 bits per heavy atom. The van der Waals surface area contributed by atoms with E-state index in [0.717, 1.165) is 35.5 Å². The third kappa shape index (κ3) is 3.26. The SMILES string of the molecule is O=C(O)C[C@H](NC(=O)c1cccc2c3c([nH]c12)[C@@H]1Oc2c(O)ccc4c2[C@@]12CCN(CC1CC1)[C@@H](C4)[C@]2(O)C3)C(=O)O. The number of phenolic OH excluding ortho intramolecular Hbond substituents is 1. The van der Waals surface area contributed by atoms with Gasteiger partial charge in [0, 0.05) is 30.0 Å². The summed E-state index contributed by atoms with van der Waals surface area (Å²) in [5.74, 6) is -2.40. The highest BCUT2D eigenvalue weighted by molar-refractivity contribution is 6.08. The molecule has 2 aliphatic heterocycles. The number of aliphatic carboxylic acids is 2. The van der Waals surface area contributed by atoms with Crippen molar-refractivity contribution in [2.45, 2.75) is 67.7 Å². The van der Waals surface area contributed by atoms with E-state index < -0.39 is 47.4 Å². The van der Waals surface area contributed by atoms with E-state index in [2.05, 4.69) is 15.2 Å². The third-order valence-electron chi connectivity index (χ3n) is 10.4. The molecule has 6 N–H and O–H groups in total. The Labute approximate surface area is 240 Å². The molecule has 218 valence electrons. The quantitative estimate of drug-likeness (QED) is 0.248. The van der Waals surface area contributed by atoms with Gasteiger partial charge in [0.2, 0.25) is 0 Å². The Hall–Kier alpha value is -4.09. The first-order valence-corrected chi connectivity index (χ1v) is 14.5. The fourth-order valence-corrected chi connectivity index (χ4v) is 8.45. The van der Waals surface area contributed by atoms with Crippen LogP contribution in [0.2, 0.25) is 0 Å². The van der Waals surface area contributed by atoms with E-state index in [0.29, 0.717) is 41.8 Å². The van der Waals surface area contributed by atoms with E-state index in [4.69, 9.17) is 9.84 Å². The number of phenols is 1. The van der Waals surface area contributed by atoms with Crippen LogP contribution >= 0.6 is 0 Å². The van der Waals surface area contributed by atoms with E-state index in [1.807, 2.05) is 12.1 Å². The summed E-state index contributed by atoms with van der Waals surface area (Å²) < 4.78 is 6.60. The molecule has 1 saturated carbocycles. The molecule has 5 atom stereocenters. The molecule has 5 aliphatic rings. The monoisotopic (exact) mass is 573 g/mol. The molecular formula is C31H31N3O8. The normalized spacial score (nSPS) is 29.4. The Balaban J connectivity index is 1.27. The minimum atomic E-state index is -1.59. The van der Waals surface area contributed by atoms with Crippen LogP contribution in [-0.2, 0) is 27.8 Å². The number of nitrogens with one attached hydrogen (secondary N) is 2. The van der Waals surface area contributed by atoms with Gasteiger partial charge in [-0.25, -0.2) is 4.79 Å². The van der Waals surface area contributed by atoms with Gasteiger partial charge in [0.1, 0.15) is 6.04 Å². The number of rotatable bonds is 7. The van der Waals surface area contributed by atoms with Crippen molar-refractivity contribution in [2.24, 2.45) is 5.92 Å². The number of H-pyrrole nitrogens is 1. The van der Waals surface area contributed by atoms with Crippen LogP contribution < -0.4 is 10.1 Å². The summed E-state index contributed by atoms with van der Waals surface area (Å²) in [6.07, 6.45) is 2.66. The number of aromatic nitrogens is 1. The molecule has 3 aliphatic carbocycles. The number of benzene rings is 2. The first-order chi connectivity index (χ1) is 20.1. The molecule has 8 rings (SSSR count). The number of hydrogen-bond donors (Lipinski definition) is 6. The van der Waals surface area contributed by atoms with E-state index in [-0.39, 0.29) is 17.4 Å². The summed E-state index contributed by atoms with van der Waals surface area (Å²) in [6.45, 7) is 1.75. The number of fused-ring (bicyclic) bond motifs is 4. The summed E-state index contributed by atoms with van der Waals surface area (Å²) in [7, 11) is 0. The number of carbonyl (C=O) groups excluding carboxylic acids is 1. The van der Waals surface area contributed by atoms with Crippen LogP contribution in [0.4, 0.5) is 0 Å². The molecule has 11 heteroatoms. The van der Waals surface area contributed by atoms with E-state index in [9.17, 15) is 29.7 Å². The minimum absolute atomic E-state index is 0.0367. The molecule has 3 aromatic rings. The molecule has 42 heavy (non-hydrogen) atoms. The standard InChI is InChI=1S/C31H31N3O8/c35-20-7-6-15-10-21-31(41)12-18-16-2-1-3-17(28(38)32-19(29(39)40)11-22(36)37)24(16)33-25(18)27-30(31,23(15)26(20)42-27)8-9-34(21)13-14-4-5-14/h1-3,6-7,14,19,21,27,33,35,41H,4-5,8-13H2,(H,32,38)(H,36,37)(H,39,40)/t19-,21-,27-,30-,31+/m0/s1. The van der Waals surface area contributed by atoms with Gasteiger partial charge in [-0.1, -0.05) is 18.2 Å². The van der Waals surface area contributed by atoms with Gasteiger partial charge in [-0.15, -0.1) is 0 Å².